The van der Waals surface area contributed by atoms with Crippen molar-refractivity contribution < 1.29 is 17.9 Å². The van der Waals surface area contributed by atoms with Gasteiger partial charge in [0.25, 0.3) is 5.91 Å². The summed E-state index contributed by atoms with van der Waals surface area (Å²) in [5.41, 5.74) is 2.03. The largest absolute Gasteiger partial charge is 0.476 e. The molecule has 0 saturated heterocycles. The third-order valence-corrected chi connectivity index (χ3v) is 7.42. The molecule has 4 rings (SSSR count). The minimum Gasteiger partial charge on any atom is -0.476 e. The van der Waals surface area contributed by atoms with Crippen LogP contribution in [0.3, 0.4) is 0 Å². The maximum absolute atomic E-state index is 12.9. The van der Waals surface area contributed by atoms with Crippen molar-refractivity contribution in [1.82, 2.24) is 10.2 Å². The number of ether oxygens (including phenoxy) is 1. The maximum Gasteiger partial charge on any atom is 0.269 e. The lowest BCUT2D eigenvalue weighted by Gasteiger charge is -2.35. The second kappa shape index (κ2) is 8.58. The molecule has 0 saturated carbocycles. The number of hydrogen-bond acceptors (Lipinski definition) is 7. The molecule has 1 atom stereocenters. The average Bonchev–Trinajstić information content (AvgIpc) is 3.20. The van der Waals surface area contributed by atoms with Gasteiger partial charge in [0.2, 0.25) is 15.2 Å². The lowest BCUT2D eigenvalue weighted by atomic mass is 9.86. The van der Waals surface area contributed by atoms with Crippen molar-refractivity contribution >= 4 is 49.7 Å². The zero-order valence-corrected chi connectivity index (χ0v) is 20.9. The summed E-state index contributed by atoms with van der Waals surface area (Å²) in [6.07, 6.45) is 0.0693. The van der Waals surface area contributed by atoms with Gasteiger partial charge in [-0.25, -0.2) is 8.42 Å². The summed E-state index contributed by atoms with van der Waals surface area (Å²) in [5.74, 6) is -0.174. The highest BCUT2D eigenvalue weighted by molar-refractivity contribution is 7.92. The van der Waals surface area contributed by atoms with Gasteiger partial charge in [0.05, 0.1) is 18.5 Å². The molecule has 1 unspecified atom stereocenters. The van der Waals surface area contributed by atoms with Crippen LogP contribution in [0.1, 0.15) is 26.3 Å². The van der Waals surface area contributed by atoms with E-state index >= 15 is 0 Å². The lowest BCUT2D eigenvalue weighted by molar-refractivity contribution is -0.122. The summed E-state index contributed by atoms with van der Waals surface area (Å²) >= 11 is 7.12. The molecule has 0 spiro atoms. The molecule has 1 N–H and O–H groups in total. The van der Waals surface area contributed by atoms with E-state index < -0.39 is 22.0 Å². The van der Waals surface area contributed by atoms with Gasteiger partial charge in [0.15, 0.2) is 6.10 Å². The molecule has 2 heterocycles. The third kappa shape index (κ3) is 5.13. The number of rotatable bonds is 4. The van der Waals surface area contributed by atoms with E-state index in [2.05, 4.69) is 15.5 Å². The number of carbonyl (C=O) groups excluding carboxylic acids is 1. The molecule has 1 amide bonds. The summed E-state index contributed by atoms with van der Waals surface area (Å²) < 4.78 is 32.2. The molecular formula is C22H23ClN4O4S2. The first-order chi connectivity index (χ1) is 15.4. The molecule has 3 aromatic rings. The predicted molar refractivity (Wildman–Crippen MR) is 131 cm³/mol. The second-order valence-electron chi connectivity index (χ2n) is 8.74. The van der Waals surface area contributed by atoms with Crippen molar-refractivity contribution in [2.24, 2.45) is 0 Å². The van der Waals surface area contributed by atoms with Crippen LogP contribution in [-0.4, -0.2) is 43.4 Å². The van der Waals surface area contributed by atoms with Crippen LogP contribution in [0.2, 0.25) is 5.02 Å². The van der Waals surface area contributed by atoms with Gasteiger partial charge in [-0.05, 0) is 35.2 Å². The van der Waals surface area contributed by atoms with Crippen LogP contribution in [0.5, 0.6) is 5.75 Å². The van der Waals surface area contributed by atoms with Crippen LogP contribution in [0.4, 0.5) is 10.8 Å². The van der Waals surface area contributed by atoms with E-state index in [1.165, 1.54) is 15.6 Å². The van der Waals surface area contributed by atoms with Crippen LogP contribution < -0.4 is 14.4 Å². The molecule has 0 fully saturated rings. The van der Waals surface area contributed by atoms with Crippen LogP contribution in [0.15, 0.2) is 42.5 Å². The Morgan fingerprint density at radius 1 is 1.18 bits per heavy atom. The minimum absolute atomic E-state index is 0.145. The first-order valence-corrected chi connectivity index (χ1v) is 13.2. The SMILES string of the molecule is CC(C)(C)c1ccc2c(c1)N(S(C)(=O)=O)CC(C(=O)Nc1nnc(-c3ccc(Cl)cc3)s1)O2. The van der Waals surface area contributed by atoms with Crippen LogP contribution >= 0.6 is 22.9 Å². The monoisotopic (exact) mass is 506 g/mol. The first-order valence-electron chi connectivity index (χ1n) is 10.1. The molecule has 1 aliphatic rings. The fourth-order valence-corrected chi connectivity index (χ4v) is 5.12. The van der Waals surface area contributed by atoms with Gasteiger partial charge in [0, 0.05) is 10.6 Å². The highest BCUT2D eigenvalue weighted by Gasteiger charge is 2.36. The van der Waals surface area contributed by atoms with Crippen LogP contribution in [0.25, 0.3) is 10.6 Å². The number of nitrogens with zero attached hydrogens (tertiary/aromatic N) is 3. The number of nitrogens with one attached hydrogen (secondary N) is 1. The Labute approximate surface area is 201 Å². The Hall–Kier alpha value is -2.69. The van der Waals surface area contributed by atoms with Gasteiger partial charge >= 0.3 is 0 Å². The van der Waals surface area contributed by atoms with Crippen molar-refractivity contribution in [2.75, 3.05) is 22.4 Å². The number of sulfonamides is 1. The van der Waals surface area contributed by atoms with Crippen molar-refractivity contribution in [1.29, 1.82) is 0 Å². The van der Waals surface area contributed by atoms with E-state index in [4.69, 9.17) is 16.3 Å². The molecule has 11 heteroatoms. The van der Waals surface area contributed by atoms with Crippen molar-refractivity contribution in [3.63, 3.8) is 0 Å². The topological polar surface area (TPSA) is 101 Å². The smallest absolute Gasteiger partial charge is 0.269 e. The summed E-state index contributed by atoms with van der Waals surface area (Å²) in [6.45, 7) is 5.98. The lowest BCUT2D eigenvalue weighted by Crippen LogP contribution is -2.48. The normalized spacial score (nSPS) is 16.2. The Morgan fingerprint density at radius 3 is 2.52 bits per heavy atom. The standard InChI is InChI=1S/C22H23ClN4O4S2/c1-22(2,3)14-7-10-17-16(11-14)27(33(4,29)30)12-18(31-17)19(28)24-21-26-25-20(32-21)13-5-8-15(23)9-6-13/h5-11,18H,12H2,1-4H3,(H,24,26,28). The van der Waals surface area contributed by atoms with Gasteiger partial charge in [-0.1, -0.05) is 61.9 Å². The Balaban J connectivity index is 1.56. The zero-order chi connectivity index (χ0) is 24.0. The number of halogens is 1. The Bertz CT molecular complexity index is 1300. The van der Waals surface area contributed by atoms with E-state index in [9.17, 15) is 13.2 Å². The molecule has 2 aromatic carbocycles. The fourth-order valence-electron chi connectivity index (χ4n) is 3.34. The number of hydrogen-bond donors (Lipinski definition) is 1. The van der Waals surface area contributed by atoms with Crippen LogP contribution in [-0.2, 0) is 20.2 Å². The van der Waals surface area contributed by atoms with Crippen LogP contribution in [0, 0.1) is 0 Å². The van der Waals surface area contributed by atoms with E-state index in [1.807, 2.05) is 39.0 Å². The molecule has 0 bridgehead atoms. The second-order valence-corrected chi connectivity index (χ2v) is 12.1. The number of amides is 1. The summed E-state index contributed by atoms with van der Waals surface area (Å²) in [4.78, 5) is 12.9. The maximum atomic E-state index is 12.9. The molecule has 1 aliphatic heterocycles. The van der Waals surface area contributed by atoms with Gasteiger partial charge in [-0.15, -0.1) is 10.2 Å². The fraction of sp³-hybridized carbons (Fsp3) is 0.318. The Morgan fingerprint density at radius 2 is 1.88 bits per heavy atom. The number of aromatic nitrogens is 2. The molecule has 0 radical (unpaired) electrons. The number of anilines is 2. The van der Waals surface area contributed by atoms with E-state index in [0.29, 0.717) is 21.5 Å². The van der Waals surface area contributed by atoms with E-state index in [-0.39, 0.29) is 17.1 Å². The predicted octanol–water partition coefficient (Wildman–Crippen LogP) is 4.32. The van der Waals surface area contributed by atoms with Gasteiger partial charge in [-0.2, -0.15) is 0 Å². The zero-order valence-electron chi connectivity index (χ0n) is 18.5. The first kappa shape index (κ1) is 23.5. The number of carbonyl (C=O) groups is 1. The van der Waals surface area contributed by atoms with E-state index in [1.54, 1.807) is 24.3 Å². The average molecular weight is 507 g/mol. The summed E-state index contributed by atoms with van der Waals surface area (Å²) in [6, 6.07) is 12.5. The number of benzene rings is 2. The Kier molecular flexibility index (Phi) is 6.10. The third-order valence-electron chi connectivity index (χ3n) is 5.13. The van der Waals surface area contributed by atoms with Gasteiger partial charge in [0.1, 0.15) is 10.8 Å². The molecule has 8 nitrogen and oxygen atoms in total. The highest BCUT2D eigenvalue weighted by atomic mass is 35.5. The van der Waals surface area contributed by atoms with E-state index in [0.717, 1.165) is 17.4 Å². The minimum atomic E-state index is -3.64. The quantitative estimate of drug-likeness (QED) is 0.565. The molecular weight excluding hydrogens is 484 g/mol. The summed E-state index contributed by atoms with van der Waals surface area (Å²) in [7, 11) is -3.64. The molecule has 0 aliphatic carbocycles. The number of fused-ring (bicyclic) bond motifs is 1. The van der Waals surface area contributed by atoms with Gasteiger partial charge < -0.3 is 4.74 Å². The van der Waals surface area contributed by atoms with Crippen molar-refractivity contribution in [2.45, 2.75) is 32.3 Å². The molecule has 174 valence electrons. The van der Waals surface area contributed by atoms with Gasteiger partial charge in [-0.3, -0.25) is 14.4 Å². The summed E-state index contributed by atoms with van der Waals surface area (Å²) in [5, 5.41) is 12.3. The molecule has 1 aromatic heterocycles. The van der Waals surface area contributed by atoms with Crippen molar-refractivity contribution in [3.8, 4) is 16.3 Å². The van der Waals surface area contributed by atoms with Crippen molar-refractivity contribution in [3.05, 3.63) is 53.1 Å². The molecule has 33 heavy (non-hydrogen) atoms. The highest BCUT2D eigenvalue weighted by Crippen LogP contribution is 2.39.